The summed E-state index contributed by atoms with van der Waals surface area (Å²) in [4.78, 5) is 0. The van der Waals surface area contributed by atoms with Gasteiger partial charge in [0, 0.05) is 11.6 Å². The fraction of sp³-hybridized carbons (Fsp3) is 0.273. The van der Waals surface area contributed by atoms with Crippen molar-refractivity contribution < 1.29 is 13.2 Å². The Hall–Kier alpha value is -1.29. The Bertz CT molecular complexity index is 388. The molecule has 0 bridgehead atoms. The Morgan fingerprint density at radius 2 is 1.87 bits per heavy atom. The van der Waals surface area contributed by atoms with Crippen LogP contribution >= 0.6 is 0 Å². The summed E-state index contributed by atoms with van der Waals surface area (Å²) in [6, 6.07) is 0.700. The van der Waals surface area contributed by atoms with Crippen molar-refractivity contribution in [2.24, 2.45) is 5.73 Å². The zero-order valence-corrected chi connectivity index (χ0v) is 8.36. The molecule has 1 aromatic rings. The van der Waals surface area contributed by atoms with Gasteiger partial charge in [0.05, 0.1) is 0 Å². The van der Waals surface area contributed by atoms with Gasteiger partial charge in [0.25, 0.3) is 0 Å². The van der Waals surface area contributed by atoms with Crippen molar-refractivity contribution in [2.45, 2.75) is 19.4 Å². The van der Waals surface area contributed by atoms with Crippen molar-refractivity contribution in [1.29, 1.82) is 0 Å². The minimum atomic E-state index is -1.22. The Kier molecular flexibility index (Phi) is 3.52. The Morgan fingerprint density at radius 1 is 1.33 bits per heavy atom. The second kappa shape index (κ2) is 4.49. The van der Waals surface area contributed by atoms with Gasteiger partial charge in [0.15, 0.2) is 11.6 Å². The fourth-order valence-electron chi connectivity index (χ4n) is 1.36. The first-order chi connectivity index (χ1) is 6.93. The molecule has 0 heterocycles. The lowest BCUT2D eigenvalue weighted by Gasteiger charge is -2.13. The van der Waals surface area contributed by atoms with Crippen molar-refractivity contribution in [1.82, 2.24) is 0 Å². The lowest BCUT2D eigenvalue weighted by molar-refractivity contribution is 0.464. The van der Waals surface area contributed by atoms with Gasteiger partial charge in [-0.3, -0.25) is 0 Å². The minimum absolute atomic E-state index is 0.220. The molecule has 1 aromatic carbocycles. The monoisotopic (exact) mass is 215 g/mol. The summed E-state index contributed by atoms with van der Waals surface area (Å²) in [5.74, 6) is -3.14. The summed E-state index contributed by atoms with van der Waals surface area (Å²) in [7, 11) is 0. The predicted molar refractivity (Wildman–Crippen MR) is 52.7 cm³/mol. The largest absolute Gasteiger partial charge is 0.324 e. The van der Waals surface area contributed by atoms with Crippen LogP contribution in [-0.2, 0) is 0 Å². The highest BCUT2D eigenvalue weighted by atomic mass is 19.2. The van der Waals surface area contributed by atoms with Crippen molar-refractivity contribution in [2.75, 3.05) is 0 Å². The van der Waals surface area contributed by atoms with Gasteiger partial charge in [-0.2, -0.15) is 0 Å². The molecular formula is C11H12F3N. The second-order valence-electron chi connectivity index (χ2n) is 3.52. The van der Waals surface area contributed by atoms with Crippen molar-refractivity contribution >= 4 is 0 Å². The molecule has 0 aliphatic carbocycles. The second-order valence-corrected chi connectivity index (χ2v) is 3.52. The maximum Gasteiger partial charge on any atom is 0.166 e. The van der Waals surface area contributed by atoms with Gasteiger partial charge in [-0.05, 0) is 25.5 Å². The van der Waals surface area contributed by atoms with Crippen LogP contribution in [0, 0.1) is 17.5 Å². The highest BCUT2D eigenvalue weighted by Crippen LogP contribution is 2.25. The third kappa shape index (κ3) is 2.59. The van der Waals surface area contributed by atoms with Gasteiger partial charge < -0.3 is 5.73 Å². The van der Waals surface area contributed by atoms with Crippen LogP contribution in [0.25, 0.3) is 0 Å². The number of hydrogen-bond donors (Lipinski definition) is 1. The van der Waals surface area contributed by atoms with Crippen LogP contribution < -0.4 is 5.73 Å². The molecule has 0 saturated carbocycles. The molecule has 0 saturated heterocycles. The number of benzene rings is 1. The summed E-state index contributed by atoms with van der Waals surface area (Å²) in [5, 5.41) is 0. The summed E-state index contributed by atoms with van der Waals surface area (Å²) in [6.07, 6.45) is 0.220. The first-order valence-electron chi connectivity index (χ1n) is 4.46. The van der Waals surface area contributed by atoms with E-state index in [4.69, 9.17) is 5.73 Å². The number of nitrogens with two attached hydrogens (primary N) is 1. The first kappa shape index (κ1) is 11.8. The van der Waals surface area contributed by atoms with E-state index in [9.17, 15) is 13.2 Å². The zero-order chi connectivity index (χ0) is 11.6. The summed E-state index contributed by atoms with van der Waals surface area (Å²) in [6.45, 7) is 5.27. The van der Waals surface area contributed by atoms with E-state index < -0.39 is 29.1 Å². The normalized spacial score (nSPS) is 12.6. The topological polar surface area (TPSA) is 26.0 Å². The van der Waals surface area contributed by atoms with Crippen LogP contribution in [0.15, 0.2) is 24.3 Å². The van der Waals surface area contributed by atoms with E-state index in [1.165, 1.54) is 0 Å². The molecule has 82 valence electrons. The smallest absolute Gasteiger partial charge is 0.166 e. The molecule has 0 aromatic heterocycles. The van der Waals surface area contributed by atoms with Gasteiger partial charge in [-0.15, -0.1) is 6.58 Å². The molecule has 0 aliphatic heterocycles. The van der Waals surface area contributed by atoms with Crippen LogP contribution in [-0.4, -0.2) is 0 Å². The Balaban J connectivity index is 3.12. The molecule has 0 radical (unpaired) electrons. The van der Waals surface area contributed by atoms with E-state index in [1.807, 2.05) is 0 Å². The third-order valence-corrected chi connectivity index (χ3v) is 2.02. The number of rotatable bonds is 3. The molecule has 15 heavy (non-hydrogen) atoms. The van der Waals surface area contributed by atoms with Crippen molar-refractivity contribution in [3.05, 3.63) is 47.3 Å². The van der Waals surface area contributed by atoms with Gasteiger partial charge in [0.2, 0.25) is 0 Å². The Morgan fingerprint density at radius 3 is 2.40 bits per heavy atom. The highest BCUT2D eigenvalue weighted by molar-refractivity contribution is 5.25. The van der Waals surface area contributed by atoms with Crippen LogP contribution in [0.5, 0.6) is 0 Å². The van der Waals surface area contributed by atoms with Crippen LogP contribution in [0.2, 0.25) is 0 Å². The van der Waals surface area contributed by atoms with Crippen LogP contribution in [0.4, 0.5) is 13.2 Å². The van der Waals surface area contributed by atoms with Gasteiger partial charge in [-0.25, -0.2) is 13.2 Å². The maximum atomic E-state index is 13.2. The molecule has 1 nitrogen and oxygen atoms in total. The average molecular weight is 215 g/mol. The molecule has 0 unspecified atom stereocenters. The molecule has 1 rings (SSSR count). The number of halogens is 3. The molecule has 1 atom stereocenters. The molecule has 2 N–H and O–H groups in total. The summed E-state index contributed by atoms with van der Waals surface area (Å²) >= 11 is 0. The lowest BCUT2D eigenvalue weighted by Crippen LogP contribution is -2.15. The predicted octanol–water partition coefficient (Wildman–Crippen LogP) is 3.07. The highest BCUT2D eigenvalue weighted by Gasteiger charge is 2.19. The van der Waals surface area contributed by atoms with Crippen LogP contribution in [0.1, 0.15) is 24.9 Å². The molecule has 0 fully saturated rings. The van der Waals surface area contributed by atoms with Gasteiger partial charge in [0.1, 0.15) is 5.82 Å². The third-order valence-electron chi connectivity index (χ3n) is 2.02. The number of hydrogen-bond acceptors (Lipinski definition) is 1. The van der Waals surface area contributed by atoms with E-state index in [0.717, 1.165) is 12.1 Å². The standard InChI is InChI=1S/C11H12F3N/c1-6(2)5-9(15)10-7(12)3-4-8(13)11(10)14/h3-4,9H,1,5,15H2,2H3/t9-/m0/s1. The molecule has 0 spiro atoms. The Labute approximate surface area is 86.4 Å². The minimum Gasteiger partial charge on any atom is -0.324 e. The van der Waals surface area contributed by atoms with E-state index >= 15 is 0 Å². The quantitative estimate of drug-likeness (QED) is 0.608. The van der Waals surface area contributed by atoms with Gasteiger partial charge in [-0.1, -0.05) is 5.57 Å². The molecule has 0 aliphatic rings. The maximum absolute atomic E-state index is 13.2. The molecular weight excluding hydrogens is 203 g/mol. The first-order valence-corrected chi connectivity index (χ1v) is 4.46. The summed E-state index contributed by atoms with van der Waals surface area (Å²) < 4.78 is 39.3. The SMILES string of the molecule is C=C(C)C[C@H](N)c1c(F)ccc(F)c1F. The summed E-state index contributed by atoms with van der Waals surface area (Å²) in [5.41, 5.74) is 5.83. The van der Waals surface area contributed by atoms with Crippen LogP contribution in [0.3, 0.4) is 0 Å². The van der Waals surface area contributed by atoms with Gasteiger partial charge >= 0.3 is 0 Å². The zero-order valence-electron chi connectivity index (χ0n) is 8.36. The van der Waals surface area contributed by atoms with E-state index in [-0.39, 0.29) is 6.42 Å². The van der Waals surface area contributed by atoms with E-state index in [2.05, 4.69) is 6.58 Å². The van der Waals surface area contributed by atoms with Crippen molar-refractivity contribution in [3.8, 4) is 0 Å². The molecule has 0 amide bonds. The van der Waals surface area contributed by atoms with E-state index in [1.54, 1.807) is 6.92 Å². The molecule has 4 heteroatoms. The fourth-order valence-corrected chi connectivity index (χ4v) is 1.36. The van der Waals surface area contributed by atoms with E-state index in [0.29, 0.717) is 5.57 Å². The van der Waals surface area contributed by atoms with Crippen molar-refractivity contribution in [3.63, 3.8) is 0 Å². The lowest BCUT2D eigenvalue weighted by atomic mass is 10.00. The average Bonchev–Trinajstić information content (AvgIpc) is 2.11.